The number of amides is 2. The van der Waals surface area contributed by atoms with Gasteiger partial charge in [-0.3, -0.25) is 0 Å². The van der Waals surface area contributed by atoms with Crippen molar-refractivity contribution in [3.63, 3.8) is 0 Å². The van der Waals surface area contributed by atoms with Crippen LogP contribution < -0.4 is 10.6 Å². The maximum absolute atomic E-state index is 13.4. The second-order valence-electron chi connectivity index (χ2n) is 12.8. The molecule has 0 aromatic heterocycles. The van der Waals surface area contributed by atoms with Crippen molar-refractivity contribution in [3.05, 3.63) is 0 Å². The molecule has 8 saturated carbocycles. The van der Waals surface area contributed by atoms with E-state index in [9.17, 15) is 4.79 Å². The lowest BCUT2D eigenvalue weighted by Gasteiger charge is -2.63. The van der Waals surface area contributed by atoms with Gasteiger partial charge in [0.15, 0.2) is 0 Å². The van der Waals surface area contributed by atoms with Crippen LogP contribution in [0.3, 0.4) is 0 Å². The molecule has 2 amide bonds. The third-order valence-electron chi connectivity index (χ3n) is 10.6. The summed E-state index contributed by atoms with van der Waals surface area (Å²) < 4.78 is 0. The first-order valence-corrected chi connectivity index (χ1v) is 12.5. The number of carbonyl (C=O) groups is 1. The van der Waals surface area contributed by atoms with Gasteiger partial charge in [-0.1, -0.05) is 26.7 Å². The van der Waals surface area contributed by atoms with Gasteiger partial charge in [0.2, 0.25) is 0 Å². The largest absolute Gasteiger partial charge is 0.333 e. The van der Waals surface area contributed by atoms with Crippen LogP contribution in [-0.4, -0.2) is 17.1 Å². The molecule has 28 heavy (non-hydrogen) atoms. The fraction of sp³-hybridized carbons (Fsp3) is 0.960. The summed E-state index contributed by atoms with van der Waals surface area (Å²) in [5.74, 6) is 3.46. The van der Waals surface area contributed by atoms with Crippen molar-refractivity contribution < 1.29 is 4.79 Å². The average Bonchev–Trinajstić information content (AvgIpc) is 2.58. The predicted octanol–water partition coefficient (Wildman–Crippen LogP) is 5.78. The van der Waals surface area contributed by atoms with Gasteiger partial charge in [-0.05, 0) is 112 Å². The number of nitrogens with one attached hydrogen (secondary N) is 2. The molecule has 8 aliphatic rings. The highest BCUT2D eigenvalue weighted by Crippen LogP contribution is 2.64. The van der Waals surface area contributed by atoms with E-state index in [1.807, 2.05) is 0 Å². The first kappa shape index (κ1) is 18.1. The molecule has 0 aromatic carbocycles. The quantitative estimate of drug-likeness (QED) is 0.633. The van der Waals surface area contributed by atoms with Crippen LogP contribution in [0.2, 0.25) is 0 Å². The summed E-state index contributed by atoms with van der Waals surface area (Å²) in [5.41, 5.74) is 1.28. The van der Waals surface area contributed by atoms with Crippen molar-refractivity contribution in [1.29, 1.82) is 0 Å². The third kappa shape index (κ3) is 2.63. The molecule has 8 rings (SSSR count). The number of hydrogen-bond donors (Lipinski definition) is 2. The van der Waals surface area contributed by atoms with Gasteiger partial charge in [0.25, 0.3) is 0 Å². The zero-order chi connectivity index (χ0) is 19.2. The lowest BCUT2D eigenvalue weighted by atomic mass is 9.46. The highest BCUT2D eigenvalue weighted by Gasteiger charge is 2.59. The van der Waals surface area contributed by atoms with Gasteiger partial charge in [-0.15, -0.1) is 0 Å². The number of rotatable bonds is 4. The van der Waals surface area contributed by atoms with Gasteiger partial charge < -0.3 is 10.6 Å². The minimum Gasteiger partial charge on any atom is -0.333 e. The molecule has 0 radical (unpaired) electrons. The van der Waals surface area contributed by atoms with Gasteiger partial charge in [-0.2, -0.15) is 0 Å². The molecule has 0 saturated heterocycles. The van der Waals surface area contributed by atoms with Crippen LogP contribution in [0, 0.1) is 34.5 Å². The Balaban J connectivity index is 1.19. The lowest BCUT2D eigenvalue weighted by Crippen LogP contribution is -2.68. The Labute approximate surface area is 171 Å². The normalized spacial score (nSPS) is 55.5. The highest BCUT2D eigenvalue weighted by molar-refractivity contribution is 5.76. The molecule has 4 atom stereocenters. The third-order valence-corrected chi connectivity index (χ3v) is 10.6. The van der Waals surface area contributed by atoms with Crippen molar-refractivity contribution in [2.45, 2.75) is 115 Å². The van der Waals surface area contributed by atoms with Gasteiger partial charge in [0.05, 0.1) is 0 Å². The summed E-state index contributed by atoms with van der Waals surface area (Å²) in [6, 6.07) is 0.182. The van der Waals surface area contributed by atoms with E-state index >= 15 is 0 Å². The Morgan fingerprint density at radius 3 is 1.36 bits per heavy atom. The summed E-state index contributed by atoms with van der Waals surface area (Å²) in [6.45, 7) is 4.78. The molecule has 0 unspecified atom stereocenters. The average molecular weight is 385 g/mol. The first-order valence-electron chi connectivity index (χ1n) is 12.5. The predicted molar refractivity (Wildman–Crippen MR) is 112 cm³/mol. The Hall–Kier alpha value is -0.730. The molecule has 8 bridgehead atoms. The zero-order valence-electron chi connectivity index (χ0n) is 18.1. The highest BCUT2D eigenvalue weighted by atomic mass is 16.2. The van der Waals surface area contributed by atoms with Crippen molar-refractivity contribution in [1.82, 2.24) is 10.6 Å². The van der Waals surface area contributed by atoms with Crippen molar-refractivity contribution in [2.75, 3.05) is 0 Å². The van der Waals surface area contributed by atoms with E-state index in [0.717, 1.165) is 23.7 Å². The van der Waals surface area contributed by atoms with E-state index in [1.54, 1.807) is 0 Å². The van der Waals surface area contributed by atoms with E-state index < -0.39 is 0 Å². The number of hydrogen-bond acceptors (Lipinski definition) is 1. The van der Waals surface area contributed by atoms with Crippen LogP contribution in [0.1, 0.15) is 104 Å². The summed E-state index contributed by atoms with van der Waals surface area (Å²) in [5, 5.41) is 7.28. The molecule has 3 nitrogen and oxygen atoms in total. The molecule has 3 heteroatoms. The lowest BCUT2D eigenvalue weighted by molar-refractivity contribution is -0.0857. The smallest absolute Gasteiger partial charge is 0.315 e. The molecule has 8 fully saturated rings. The molecule has 0 aromatic rings. The Morgan fingerprint density at radius 1 is 0.679 bits per heavy atom. The fourth-order valence-electron chi connectivity index (χ4n) is 10.5. The standard InChI is InChI=1S/C25H40N2O/c1-3-22-7-17-5-18(8-22)12-24(11-17,15-22)26-21(28)27-25-13-19-6-20(14-25)10-23(4-2,9-19)16-25/h17-20H,3-16H2,1-2H3,(H2,26,27,28)/t17-,18-,19+,20+,22?,23?,24?,25?. The molecule has 2 N–H and O–H groups in total. The van der Waals surface area contributed by atoms with Crippen LogP contribution in [0.15, 0.2) is 0 Å². The zero-order valence-corrected chi connectivity index (χ0v) is 18.1. The molecular formula is C25H40N2O. The second-order valence-corrected chi connectivity index (χ2v) is 12.8. The Morgan fingerprint density at radius 2 is 1.04 bits per heavy atom. The Kier molecular flexibility index (Phi) is 3.68. The molecule has 156 valence electrons. The second kappa shape index (κ2) is 5.70. The number of urea groups is 1. The monoisotopic (exact) mass is 384 g/mol. The summed E-state index contributed by atoms with van der Waals surface area (Å²) >= 11 is 0. The summed E-state index contributed by atoms with van der Waals surface area (Å²) in [7, 11) is 0. The first-order chi connectivity index (χ1) is 13.4. The summed E-state index contributed by atoms with van der Waals surface area (Å²) in [6.07, 6.45) is 18.6. The molecular weight excluding hydrogens is 344 g/mol. The van der Waals surface area contributed by atoms with Gasteiger partial charge in [-0.25, -0.2) is 4.79 Å². The SMILES string of the molecule is CCC12C[C@H]3C[C@H](C1)CC(NC(=O)NC14C[C@H]5C[C@@H](CC(CC)(C5)C1)C4)(C3)C2. The van der Waals surface area contributed by atoms with E-state index in [4.69, 9.17) is 0 Å². The maximum atomic E-state index is 13.4. The van der Waals surface area contributed by atoms with Crippen molar-refractivity contribution >= 4 is 6.03 Å². The minimum absolute atomic E-state index is 0.106. The van der Waals surface area contributed by atoms with Crippen LogP contribution in [0.5, 0.6) is 0 Å². The van der Waals surface area contributed by atoms with Gasteiger partial charge in [0.1, 0.15) is 0 Å². The summed E-state index contributed by atoms with van der Waals surface area (Å²) in [4.78, 5) is 13.4. The van der Waals surface area contributed by atoms with Gasteiger partial charge >= 0.3 is 6.03 Å². The van der Waals surface area contributed by atoms with E-state index in [2.05, 4.69) is 24.5 Å². The van der Waals surface area contributed by atoms with E-state index in [1.165, 1.54) is 89.9 Å². The van der Waals surface area contributed by atoms with Crippen molar-refractivity contribution in [3.8, 4) is 0 Å². The fourth-order valence-corrected chi connectivity index (χ4v) is 10.5. The topological polar surface area (TPSA) is 41.1 Å². The van der Waals surface area contributed by atoms with E-state index in [-0.39, 0.29) is 17.1 Å². The van der Waals surface area contributed by atoms with Gasteiger partial charge in [0, 0.05) is 11.1 Å². The van der Waals surface area contributed by atoms with E-state index in [0.29, 0.717) is 10.8 Å². The van der Waals surface area contributed by atoms with Crippen molar-refractivity contribution in [2.24, 2.45) is 34.5 Å². The Bertz CT molecular complexity index is 600. The van der Waals surface area contributed by atoms with Crippen LogP contribution in [-0.2, 0) is 0 Å². The molecule has 8 aliphatic carbocycles. The minimum atomic E-state index is 0.106. The van der Waals surface area contributed by atoms with Crippen LogP contribution >= 0.6 is 0 Å². The van der Waals surface area contributed by atoms with Crippen LogP contribution in [0.4, 0.5) is 4.79 Å². The van der Waals surface area contributed by atoms with Crippen LogP contribution in [0.25, 0.3) is 0 Å². The molecule has 0 spiro atoms. The maximum Gasteiger partial charge on any atom is 0.315 e. The molecule has 0 heterocycles. The number of carbonyl (C=O) groups excluding carboxylic acids is 1. The molecule has 0 aliphatic heterocycles.